The molecule has 0 bridgehead atoms. The average Bonchev–Trinajstić information content (AvgIpc) is 2.59. The molecule has 0 N–H and O–H groups in total. The highest BCUT2D eigenvalue weighted by atomic mass is 16.6. The standard InChI is InChI=1S/C15H17NO3/c1-4-13(17)16-12(15(2,3)19-14(16)18)10-11-8-6-5-7-9-11/h4-9,12H,1,10H2,2-3H3. The molecular weight excluding hydrogens is 242 g/mol. The van der Waals surface area contributed by atoms with Crippen molar-refractivity contribution in [3.05, 3.63) is 48.6 Å². The van der Waals surface area contributed by atoms with E-state index in [2.05, 4.69) is 6.58 Å². The van der Waals surface area contributed by atoms with Crippen molar-refractivity contribution >= 4 is 12.0 Å². The third-order valence-electron chi connectivity index (χ3n) is 3.35. The third-order valence-corrected chi connectivity index (χ3v) is 3.35. The Morgan fingerprint density at radius 3 is 2.63 bits per heavy atom. The van der Waals surface area contributed by atoms with Crippen LogP contribution in [-0.2, 0) is 16.0 Å². The van der Waals surface area contributed by atoms with Gasteiger partial charge in [0.05, 0.1) is 6.04 Å². The summed E-state index contributed by atoms with van der Waals surface area (Å²) in [5.41, 5.74) is 0.353. The summed E-state index contributed by atoms with van der Waals surface area (Å²) in [6.07, 6.45) is 1.11. The first-order valence-electron chi connectivity index (χ1n) is 6.18. The lowest BCUT2D eigenvalue weighted by atomic mass is 9.92. The van der Waals surface area contributed by atoms with E-state index in [9.17, 15) is 9.59 Å². The Balaban J connectivity index is 2.30. The molecule has 1 aromatic carbocycles. The van der Waals surface area contributed by atoms with Gasteiger partial charge in [-0.1, -0.05) is 36.9 Å². The van der Waals surface area contributed by atoms with Gasteiger partial charge in [-0.25, -0.2) is 9.69 Å². The van der Waals surface area contributed by atoms with Crippen molar-refractivity contribution in [3.8, 4) is 0 Å². The zero-order valence-electron chi connectivity index (χ0n) is 11.1. The van der Waals surface area contributed by atoms with E-state index in [1.165, 1.54) is 0 Å². The molecule has 0 aromatic heterocycles. The lowest BCUT2D eigenvalue weighted by Gasteiger charge is -2.27. The smallest absolute Gasteiger partial charge is 0.417 e. The van der Waals surface area contributed by atoms with Gasteiger partial charge < -0.3 is 4.74 Å². The highest BCUT2D eigenvalue weighted by molar-refractivity contribution is 6.00. The number of ether oxygens (including phenoxy) is 1. The average molecular weight is 259 g/mol. The molecular formula is C15H17NO3. The van der Waals surface area contributed by atoms with Gasteiger partial charge in [0.15, 0.2) is 0 Å². The van der Waals surface area contributed by atoms with Crippen molar-refractivity contribution in [1.29, 1.82) is 0 Å². The number of benzene rings is 1. The fraction of sp³-hybridized carbons (Fsp3) is 0.333. The molecule has 1 heterocycles. The highest BCUT2D eigenvalue weighted by Crippen LogP contribution is 2.31. The number of cyclic esters (lactones) is 1. The van der Waals surface area contributed by atoms with Gasteiger partial charge in [-0.2, -0.15) is 0 Å². The molecule has 1 aliphatic heterocycles. The molecule has 1 fully saturated rings. The quantitative estimate of drug-likeness (QED) is 0.784. The number of hydrogen-bond acceptors (Lipinski definition) is 3. The Morgan fingerprint density at radius 2 is 2.05 bits per heavy atom. The van der Waals surface area contributed by atoms with Gasteiger partial charge in [-0.3, -0.25) is 4.79 Å². The summed E-state index contributed by atoms with van der Waals surface area (Å²) in [6.45, 7) is 7.06. The molecule has 0 aliphatic carbocycles. The molecule has 1 aromatic rings. The molecule has 0 saturated carbocycles. The molecule has 1 saturated heterocycles. The van der Waals surface area contributed by atoms with Crippen LogP contribution in [0.2, 0.25) is 0 Å². The van der Waals surface area contributed by atoms with Crippen molar-refractivity contribution in [3.63, 3.8) is 0 Å². The van der Waals surface area contributed by atoms with Gasteiger partial charge in [-0.15, -0.1) is 0 Å². The first-order valence-corrected chi connectivity index (χ1v) is 6.18. The van der Waals surface area contributed by atoms with E-state index in [1.54, 1.807) is 0 Å². The molecule has 2 amide bonds. The van der Waals surface area contributed by atoms with Crippen molar-refractivity contribution in [2.45, 2.75) is 31.9 Å². The second-order valence-electron chi connectivity index (χ2n) is 5.09. The summed E-state index contributed by atoms with van der Waals surface area (Å²) in [5.74, 6) is -0.420. The zero-order valence-corrected chi connectivity index (χ0v) is 11.1. The number of carbonyl (C=O) groups excluding carboxylic acids is 2. The summed E-state index contributed by atoms with van der Waals surface area (Å²) < 4.78 is 5.29. The van der Waals surface area contributed by atoms with Crippen LogP contribution in [0.5, 0.6) is 0 Å². The van der Waals surface area contributed by atoms with Crippen LogP contribution < -0.4 is 0 Å². The van der Waals surface area contributed by atoms with Crippen LogP contribution in [0.4, 0.5) is 4.79 Å². The van der Waals surface area contributed by atoms with Gasteiger partial charge in [0.25, 0.3) is 5.91 Å². The molecule has 4 nitrogen and oxygen atoms in total. The summed E-state index contributed by atoms with van der Waals surface area (Å²) >= 11 is 0. The van der Waals surface area contributed by atoms with Crippen molar-refractivity contribution < 1.29 is 14.3 Å². The molecule has 2 rings (SSSR count). The Hall–Kier alpha value is -2.10. The molecule has 19 heavy (non-hydrogen) atoms. The van der Waals surface area contributed by atoms with Crippen LogP contribution >= 0.6 is 0 Å². The predicted molar refractivity (Wildman–Crippen MR) is 71.5 cm³/mol. The predicted octanol–water partition coefficient (Wildman–Crippen LogP) is 2.54. The lowest BCUT2D eigenvalue weighted by molar-refractivity contribution is -0.124. The normalized spacial score (nSPS) is 21.1. The van der Waals surface area contributed by atoms with Crippen LogP contribution in [0.3, 0.4) is 0 Å². The van der Waals surface area contributed by atoms with Crippen molar-refractivity contribution in [2.75, 3.05) is 0 Å². The van der Waals surface area contributed by atoms with E-state index in [0.29, 0.717) is 6.42 Å². The van der Waals surface area contributed by atoms with E-state index in [4.69, 9.17) is 4.74 Å². The fourth-order valence-corrected chi connectivity index (χ4v) is 2.30. The maximum Gasteiger partial charge on any atom is 0.417 e. The number of rotatable bonds is 3. The summed E-state index contributed by atoms with van der Waals surface area (Å²) in [6, 6.07) is 9.40. The minimum atomic E-state index is -0.703. The summed E-state index contributed by atoms with van der Waals surface area (Å²) in [7, 11) is 0. The number of nitrogens with zero attached hydrogens (tertiary/aromatic N) is 1. The van der Waals surface area contributed by atoms with Crippen LogP contribution in [0.1, 0.15) is 19.4 Å². The van der Waals surface area contributed by atoms with Crippen LogP contribution in [0, 0.1) is 0 Å². The van der Waals surface area contributed by atoms with E-state index >= 15 is 0 Å². The van der Waals surface area contributed by atoms with Gasteiger partial charge in [0, 0.05) is 0 Å². The highest BCUT2D eigenvalue weighted by Gasteiger charge is 2.49. The van der Waals surface area contributed by atoms with Crippen molar-refractivity contribution in [1.82, 2.24) is 4.90 Å². The van der Waals surface area contributed by atoms with Crippen LogP contribution in [0.15, 0.2) is 43.0 Å². The first-order chi connectivity index (χ1) is 8.95. The Bertz CT molecular complexity index is 507. The van der Waals surface area contributed by atoms with E-state index in [-0.39, 0.29) is 6.04 Å². The van der Waals surface area contributed by atoms with Gasteiger partial charge in [0.1, 0.15) is 5.60 Å². The first kappa shape index (κ1) is 13.3. The number of imide groups is 1. The number of hydrogen-bond donors (Lipinski definition) is 0. The SMILES string of the molecule is C=CC(=O)N1C(=O)OC(C)(C)C1Cc1ccccc1. The molecule has 0 spiro atoms. The largest absolute Gasteiger partial charge is 0.441 e. The third kappa shape index (κ3) is 2.52. The van der Waals surface area contributed by atoms with Crippen LogP contribution in [0.25, 0.3) is 0 Å². The topological polar surface area (TPSA) is 46.6 Å². The summed E-state index contributed by atoms with van der Waals surface area (Å²) in [4.78, 5) is 24.8. The monoisotopic (exact) mass is 259 g/mol. The Labute approximate surface area is 112 Å². The number of carbonyl (C=O) groups is 2. The number of amides is 2. The van der Waals surface area contributed by atoms with E-state index in [0.717, 1.165) is 16.5 Å². The fourth-order valence-electron chi connectivity index (χ4n) is 2.30. The molecule has 0 radical (unpaired) electrons. The maximum atomic E-state index is 11.8. The van der Waals surface area contributed by atoms with Crippen molar-refractivity contribution in [2.24, 2.45) is 0 Å². The second kappa shape index (κ2) is 4.88. The van der Waals surface area contributed by atoms with Gasteiger partial charge >= 0.3 is 6.09 Å². The van der Waals surface area contributed by atoms with Gasteiger partial charge in [-0.05, 0) is 31.9 Å². The van der Waals surface area contributed by atoms with E-state index < -0.39 is 17.6 Å². The minimum Gasteiger partial charge on any atom is -0.441 e. The molecule has 4 heteroatoms. The zero-order chi connectivity index (χ0) is 14.0. The minimum absolute atomic E-state index is 0.326. The van der Waals surface area contributed by atoms with E-state index in [1.807, 2.05) is 44.2 Å². The molecule has 100 valence electrons. The second-order valence-corrected chi connectivity index (χ2v) is 5.09. The lowest BCUT2D eigenvalue weighted by Crippen LogP contribution is -2.45. The van der Waals surface area contributed by atoms with Gasteiger partial charge in [0.2, 0.25) is 0 Å². The molecule has 1 aliphatic rings. The molecule has 1 atom stereocenters. The maximum absolute atomic E-state index is 11.8. The Kier molecular flexibility index (Phi) is 3.42. The summed E-state index contributed by atoms with van der Waals surface area (Å²) in [5, 5.41) is 0. The van der Waals surface area contributed by atoms with Crippen LogP contribution in [-0.4, -0.2) is 28.5 Å². The Morgan fingerprint density at radius 1 is 1.42 bits per heavy atom. The molecule has 1 unspecified atom stereocenters.